The molecule has 0 aliphatic carbocycles. The van der Waals surface area contributed by atoms with Gasteiger partial charge < -0.3 is 5.73 Å². The molecule has 0 aliphatic heterocycles. The topological polar surface area (TPSA) is 78.0 Å². The number of amides is 1. The van der Waals surface area contributed by atoms with Crippen molar-refractivity contribution in [3.8, 4) is 5.69 Å². The quantitative estimate of drug-likeness (QED) is 0.801. The summed E-state index contributed by atoms with van der Waals surface area (Å²) in [5.74, 6) is -1.29. The van der Waals surface area contributed by atoms with E-state index in [4.69, 9.17) is 5.73 Å². The fraction of sp³-hybridized carbons (Fsp3) is 0. The van der Waals surface area contributed by atoms with Gasteiger partial charge in [-0.2, -0.15) is 5.10 Å². The van der Waals surface area contributed by atoms with Crippen LogP contribution < -0.4 is 5.73 Å². The summed E-state index contributed by atoms with van der Waals surface area (Å²) in [7, 11) is 0. The van der Waals surface area contributed by atoms with Crippen molar-refractivity contribution in [1.82, 2.24) is 9.78 Å². The third-order valence-corrected chi connectivity index (χ3v) is 2.20. The molecule has 0 unspecified atom stereocenters. The number of carbonyl (C=O) groups excluding carboxylic acids is 2. The van der Waals surface area contributed by atoms with Crippen molar-refractivity contribution in [1.29, 1.82) is 0 Å². The molecule has 1 amide bonds. The maximum Gasteiger partial charge on any atom is 0.269 e. The third-order valence-electron chi connectivity index (χ3n) is 2.20. The Kier molecular flexibility index (Phi) is 2.70. The second-order valence-corrected chi connectivity index (χ2v) is 3.34. The lowest BCUT2D eigenvalue weighted by atomic mass is 10.2. The highest BCUT2D eigenvalue weighted by molar-refractivity contribution is 5.90. The molecular formula is C11H8FN3O2. The van der Waals surface area contributed by atoms with Crippen LogP contribution in [0.4, 0.5) is 4.39 Å². The maximum absolute atomic E-state index is 13.6. The van der Waals surface area contributed by atoms with Crippen LogP contribution >= 0.6 is 0 Å². The Bertz CT molecular complexity index is 592. The van der Waals surface area contributed by atoms with Crippen LogP contribution in [0, 0.1) is 5.82 Å². The second-order valence-electron chi connectivity index (χ2n) is 3.34. The van der Waals surface area contributed by atoms with Gasteiger partial charge in [-0.1, -0.05) is 0 Å². The summed E-state index contributed by atoms with van der Waals surface area (Å²) < 4.78 is 14.8. The molecule has 0 bridgehead atoms. The number of nitrogens with two attached hydrogens (primary N) is 1. The fourth-order valence-corrected chi connectivity index (χ4v) is 1.37. The SMILES string of the molecule is NC(=O)c1ccn(-c2ccc(C=O)cc2F)n1. The largest absolute Gasteiger partial charge is 0.364 e. The van der Waals surface area contributed by atoms with Crippen LogP contribution in [-0.2, 0) is 0 Å². The highest BCUT2D eigenvalue weighted by Crippen LogP contribution is 2.14. The Hall–Kier alpha value is -2.50. The third kappa shape index (κ3) is 2.05. The van der Waals surface area contributed by atoms with Gasteiger partial charge in [-0.3, -0.25) is 9.59 Å². The number of nitrogens with zero attached hydrogens (tertiary/aromatic N) is 2. The van der Waals surface area contributed by atoms with E-state index >= 15 is 0 Å². The molecule has 2 N–H and O–H groups in total. The van der Waals surface area contributed by atoms with Gasteiger partial charge in [-0.15, -0.1) is 0 Å². The van der Waals surface area contributed by atoms with Crippen LogP contribution in [0.5, 0.6) is 0 Å². The zero-order valence-corrected chi connectivity index (χ0v) is 8.63. The normalized spacial score (nSPS) is 10.2. The van der Waals surface area contributed by atoms with Crippen LogP contribution in [0.1, 0.15) is 20.8 Å². The molecular weight excluding hydrogens is 225 g/mol. The minimum absolute atomic E-state index is 0.0452. The van der Waals surface area contributed by atoms with Gasteiger partial charge >= 0.3 is 0 Å². The van der Waals surface area contributed by atoms with Crippen molar-refractivity contribution in [2.75, 3.05) is 0 Å². The first kappa shape index (κ1) is 11.0. The Balaban J connectivity index is 2.45. The van der Waals surface area contributed by atoms with Crippen molar-refractivity contribution >= 4 is 12.2 Å². The van der Waals surface area contributed by atoms with E-state index in [1.807, 2.05) is 0 Å². The first-order chi connectivity index (χ1) is 8.11. The number of halogens is 1. The Labute approximate surface area is 95.7 Å². The molecule has 0 radical (unpaired) electrons. The summed E-state index contributed by atoms with van der Waals surface area (Å²) in [6.07, 6.45) is 1.96. The molecule has 0 fully saturated rings. The van der Waals surface area contributed by atoms with Crippen molar-refractivity contribution in [2.24, 2.45) is 5.73 Å². The second kappa shape index (κ2) is 4.17. The zero-order chi connectivity index (χ0) is 12.4. The molecule has 6 heteroatoms. The highest BCUT2D eigenvalue weighted by atomic mass is 19.1. The number of aldehydes is 1. The fourth-order valence-electron chi connectivity index (χ4n) is 1.37. The van der Waals surface area contributed by atoms with Gasteiger partial charge in [-0.05, 0) is 24.3 Å². The first-order valence-electron chi connectivity index (χ1n) is 4.72. The number of hydrogen-bond acceptors (Lipinski definition) is 3. The van der Waals surface area contributed by atoms with E-state index < -0.39 is 11.7 Å². The smallest absolute Gasteiger partial charge is 0.269 e. The number of hydrogen-bond donors (Lipinski definition) is 1. The molecule has 0 saturated heterocycles. The van der Waals surface area contributed by atoms with E-state index in [0.29, 0.717) is 6.29 Å². The lowest BCUT2D eigenvalue weighted by Gasteiger charge is -2.03. The number of rotatable bonds is 3. The van der Waals surface area contributed by atoms with Crippen molar-refractivity contribution < 1.29 is 14.0 Å². The number of aromatic nitrogens is 2. The van der Waals surface area contributed by atoms with Gasteiger partial charge in [0.1, 0.15) is 23.5 Å². The van der Waals surface area contributed by atoms with E-state index in [0.717, 1.165) is 6.07 Å². The monoisotopic (exact) mass is 233 g/mol. The molecule has 0 spiro atoms. The highest BCUT2D eigenvalue weighted by Gasteiger charge is 2.09. The molecule has 2 aromatic rings. The number of carbonyl (C=O) groups is 2. The first-order valence-corrected chi connectivity index (χ1v) is 4.72. The Morgan fingerprint density at radius 2 is 2.18 bits per heavy atom. The van der Waals surface area contributed by atoms with E-state index in [9.17, 15) is 14.0 Å². The summed E-state index contributed by atoms with van der Waals surface area (Å²) in [6.45, 7) is 0. The molecule has 0 saturated carbocycles. The number of benzene rings is 1. The average Bonchev–Trinajstić information content (AvgIpc) is 2.78. The van der Waals surface area contributed by atoms with Crippen LogP contribution in [-0.4, -0.2) is 22.0 Å². The van der Waals surface area contributed by atoms with Crippen molar-refractivity contribution in [2.45, 2.75) is 0 Å². The standard InChI is InChI=1S/C11H8FN3O2/c12-8-5-7(6-16)1-2-10(8)15-4-3-9(14-15)11(13)17/h1-6H,(H2,13,17). The van der Waals surface area contributed by atoms with E-state index in [2.05, 4.69) is 5.10 Å². The minimum Gasteiger partial charge on any atom is -0.364 e. The van der Waals surface area contributed by atoms with E-state index in [1.54, 1.807) is 0 Å². The molecule has 86 valence electrons. The zero-order valence-electron chi connectivity index (χ0n) is 8.63. The van der Waals surface area contributed by atoms with Crippen molar-refractivity contribution in [3.63, 3.8) is 0 Å². The summed E-state index contributed by atoms with van der Waals surface area (Å²) in [6, 6.07) is 5.33. The van der Waals surface area contributed by atoms with Gasteiger partial charge in [0.25, 0.3) is 5.91 Å². The predicted octanol–water partition coefficient (Wildman–Crippen LogP) is 0.923. The van der Waals surface area contributed by atoms with Crippen LogP contribution in [0.3, 0.4) is 0 Å². The van der Waals surface area contributed by atoms with E-state index in [1.165, 1.54) is 29.1 Å². The molecule has 5 nitrogen and oxygen atoms in total. The summed E-state index contributed by atoms with van der Waals surface area (Å²) in [5, 5.41) is 3.81. The average molecular weight is 233 g/mol. The minimum atomic E-state index is -0.686. The Morgan fingerprint density at radius 3 is 2.71 bits per heavy atom. The molecule has 1 heterocycles. The lowest BCUT2D eigenvalue weighted by molar-refractivity contribution is 0.0994. The molecule has 17 heavy (non-hydrogen) atoms. The number of primary amides is 1. The summed E-state index contributed by atoms with van der Waals surface area (Å²) in [5.41, 5.74) is 5.45. The van der Waals surface area contributed by atoms with Gasteiger partial charge in [0.15, 0.2) is 0 Å². The van der Waals surface area contributed by atoms with Crippen molar-refractivity contribution in [3.05, 3.63) is 47.5 Å². The Morgan fingerprint density at radius 1 is 1.41 bits per heavy atom. The maximum atomic E-state index is 13.6. The summed E-state index contributed by atoms with van der Waals surface area (Å²) in [4.78, 5) is 21.3. The van der Waals surface area contributed by atoms with Gasteiger partial charge in [0.2, 0.25) is 0 Å². The van der Waals surface area contributed by atoms with Crippen LogP contribution in [0.25, 0.3) is 5.69 Å². The van der Waals surface area contributed by atoms with Gasteiger partial charge in [-0.25, -0.2) is 9.07 Å². The summed E-state index contributed by atoms with van der Waals surface area (Å²) >= 11 is 0. The lowest BCUT2D eigenvalue weighted by Crippen LogP contribution is -2.12. The van der Waals surface area contributed by atoms with Crippen LogP contribution in [0.15, 0.2) is 30.5 Å². The predicted molar refractivity (Wildman–Crippen MR) is 57.4 cm³/mol. The molecule has 1 aromatic carbocycles. The molecule has 0 atom stereocenters. The van der Waals surface area contributed by atoms with Gasteiger partial charge in [0, 0.05) is 11.8 Å². The van der Waals surface area contributed by atoms with E-state index in [-0.39, 0.29) is 16.9 Å². The molecule has 0 aliphatic rings. The molecule has 1 aromatic heterocycles. The van der Waals surface area contributed by atoms with Gasteiger partial charge in [0.05, 0.1) is 0 Å². The van der Waals surface area contributed by atoms with Crippen LogP contribution in [0.2, 0.25) is 0 Å². The molecule has 2 rings (SSSR count).